The van der Waals surface area contributed by atoms with E-state index in [1.807, 2.05) is 32.0 Å². The molecule has 1 N–H and O–H groups in total. The van der Waals surface area contributed by atoms with Gasteiger partial charge in [0.15, 0.2) is 6.61 Å². The Morgan fingerprint density at radius 3 is 2.37 bits per heavy atom. The zero-order chi connectivity index (χ0) is 21.7. The summed E-state index contributed by atoms with van der Waals surface area (Å²) >= 11 is 0. The Morgan fingerprint density at radius 1 is 1.10 bits per heavy atom. The number of carbonyl (C=O) groups excluding carboxylic acids is 1. The highest BCUT2D eigenvalue weighted by molar-refractivity contribution is 7.89. The predicted octanol–water partition coefficient (Wildman–Crippen LogP) is 2.66. The van der Waals surface area contributed by atoms with Gasteiger partial charge in [-0.1, -0.05) is 18.2 Å². The minimum atomic E-state index is -3.73. The van der Waals surface area contributed by atoms with Crippen LogP contribution in [0.3, 0.4) is 0 Å². The SMILES string of the molecule is COc1cc(C)c(C)cc1S(=O)(=O)NC1CCN(C(=O)COc2ccccc2)CC1. The monoisotopic (exact) mass is 432 g/mol. The number of rotatable bonds is 7. The molecule has 0 radical (unpaired) electrons. The highest BCUT2D eigenvalue weighted by Crippen LogP contribution is 2.28. The number of sulfonamides is 1. The Bertz CT molecular complexity index is 984. The number of benzene rings is 2. The molecular weight excluding hydrogens is 404 g/mol. The molecule has 1 saturated heterocycles. The van der Waals surface area contributed by atoms with Gasteiger partial charge >= 0.3 is 0 Å². The lowest BCUT2D eigenvalue weighted by Gasteiger charge is -2.32. The number of hydrogen-bond acceptors (Lipinski definition) is 5. The van der Waals surface area contributed by atoms with Gasteiger partial charge in [0.2, 0.25) is 10.0 Å². The molecule has 2 aromatic rings. The molecule has 0 aromatic heterocycles. The van der Waals surface area contributed by atoms with Crippen molar-refractivity contribution in [3.63, 3.8) is 0 Å². The van der Waals surface area contributed by atoms with Gasteiger partial charge in [-0.3, -0.25) is 4.79 Å². The maximum Gasteiger partial charge on any atom is 0.260 e. The summed E-state index contributed by atoms with van der Waals surface area (Å²) in [6.07, 6.45) is 1.09. The molecule has 0 atom stereocenters. The molecule has 1 fully saturated rings. The molecule has 162 valence electrons. The Labute approximate surface area is 178 Å². The van der Waals surface area contributed by atoms with E-state index in [4.69, 9.17) is 9.47 Å². The van der Waals surface area contributed by atoms with Crippen LogP contribution in [-0.4, -0.2) is 52.1 Å². The third-order valence-electron chi connectivity index (χ3n) is 5.34. The fraction of sp³-hybridized carbons (Fsp3) is 0.409. The Hall–Kier alpha value is -2.58. The third-order valence-corrected chi connectivity index (χ3v) is 6.89. The van der Waals surface area contributed by atoms with Gasteiger partial charge < -0.3 is 14.4 Å². The standard InChI is InChI=1S/C22H28N2O5S/c1-16-13-20(28-3)21(14-17(16)2)30(26,27)23-18-9-11-24(12-10-18)22(25)15-29-19-7-5-4-6-8-19/h4-8,13-14,18,23H,9-12,15H2,1-3H3. The van der Waals surface area contributed by atoms with Gasteiger partial charge in [0, 0.05) is 19.1 Å². The van der Waals surface area contributed by atoms with Crippen molar-refractivity contribution in [3.05, 3.63) is 53.6 Å². The first-order chi connectivity index (χ1) is 14.3. The number of piperidine rings is 1. The Kier molecular flexibility index (Phi) is 6.99. The largest absolute Gasteiger partial charge is 0.495 e. The topological polar surface area (TPSA) is 84.9 Å². The van der Waals surface area contributed by atoms with Gasteiger partial charge in [-0.25, -0.2) is 13.1 Å². The summed E-state index contributed by atoms with van der Waals surface area (Å²) in [5.41, 5.74) is 1.85. The van der Waals surface area contributed by atoms with Crippen molar-refractivity contribution in [1.82, 2.24) is 9.62 Å². The van der Waals surface area contributed by atoms with Crippen molar-refractivity contribution in [2.24, 2.45) is 0 Å². The van der Waals surface area contributed by atoms with E-state index in [1.165, 1.54) is 7.11 Å². The van der Waals surface area contributed by atoms with Crippen LogP contribution >= 0.6 is 0 Å². The second-order valence-electron chi connectivity index (χ2n) is 7.47. The van der Waals surface area contributed by atoms with Gasteiger partial charge in [-0.2, -0.15) is 0 Å². The van der Waals surface area contributed by atoms with Gasteiger partial charge in [-0.15, -0.1) is 0 Å². The summed E-state index contributed by atoms with van der Waals surface area (Å²) in [6, 6.07) is 12.3. The van der Waals surface area contributed by atoms with Crippen molar-refractivity contribution in [1.29, 1.82) is 0 Å². The maximum atomic E-state index is 12.9. The van der Waals surface area contributed by atoms with Crippen LogP contribution in [0.5, 0.6) is 11.5 Å². The second kappa shape index (κ2) is 9.49. The number of para-hydroxylation sites is 1. The van der Waals surface area contributed by atoms with Crippen molar-refractivity contribution >= 4 is 15.9 Å². The van der Waals surface area contributed by atoms with Crippen LogP contribution in [0.15, 0.2) is 47.4 Å². The van der Waals surface area contributed by atoms with Crippen LogP contribution in [0.2, 0.25) is 0 Å². The Balaban J connectivity index is 1.56. The smallest absolute Gasteiger partial charge is 0.260 e. The number of amides is 1. The van der Waals surface area contributed by atoms with E-state index in [2.05, 4.69) is 4.72 Å². The van der Waals surface area contributed by atoms with Crippen molar-refractivity contribution < 1.29 is 22.7 Å². The first kappa shape index (κ1) is 22.1. The molecule has 1 amide bonds. The average molecular weight is 433 g/mol. The molecule has 8 heteroatoms. The first-order valence-electron chi connectivity index (χ1n) is 9.93. The predicted molar refractivity (Wildman–Crippen MR) is 114 cm³/mol. The van der Waals surface area contributed by atoms with E-state index in [9.17, 15) is 13.2 Å². The summed E-state index contributed by atoms with van der Waals surface area (Å²) < 4.78 is 39.4. The molecule has 2 aromatic carbocycles. The lowest BCUT2D eigenvalue weighted by molar-refractivity contribution is -0.134. The first-order valence-corrected chi connectivity index (χ1v) is 11.4. The van der Waals surface area contributed by atoms with Gasteiger partial charge in [-0.05, 0) is 62.1 Å². The van der Waals surface area contributed by atoms with E-state index in [0.717, 1.165) is 11.1 Å². The molecule has 0 unspecified atom stereocenters. The number of carbonyl (C=O) groups is 1. The van der Waals surface area contributed by atoms with Crippen LogP contribution in [0.1, 0.15) is 24.0 Å². The average Bonchev–Trinajstić information content (AvgIpc) is 2.74. The van der Waals surface area contributed by atoms with Gasteiger partial charge in [0.1, 0.15) is 16.4 Å². The van der Waals surface area contributed by atoms with Crippen LogP contribution in [0.25, 0.3) is 0 Å². The molecule has 0 bridgehead atoms. The highest BCUT2D eigenvalue weighted by atomic mass is 32.2. The number of likely N-dealkylation sites (tertiary alicyclic amines) is 1. The van der Waals surface area contributed by atoms with Crippen LogP contribution in [0.4, 0.5) is 0 Å². The van der Waals surface area contributed by atoms with Crippen molar-refractivity contribution in [3.8, 4) is 11.5 Å². The van der Waals surface area contributed by atoms with Crippen LogP contribution in [0, 0.1) is 13.8 Å². The van der Waals surface area contributed by atoms with E-state index in [0.29, 0.717) is 37.4 Å². The second-order valence-corrected chi connectivity index (χ2v) is 9.15. The maximum absolute atomic E-state index is 12.9. The highest BCUT2D eigenvalue weighted by Gasteiger charge is 2.28. The molecular formula is C22H28N2O5S. The quantitative estimate of drug-likeness (QED) is 0.727. The number of methoxy groups -OCH3 is 1. The van der Waals surface area contributed by atoms with E-state index < -0.39 is 10.0 Å². The fourth-order valence-electron chi connectivity index (χ4n) is 3.42. The summed E-state index contributed by atoms with van der Waals surface area (Å²) in [6.45, 7) is 4.72. The van der Waals surface area contributed by atoms with Crippen LogP contribution < -0.4 is 14.2 Å². The van der Waals surface area contributed by atoms with E-state index >= 15 is 0 Å². The Morgan fingerprint density at radius 2 is 1.73 bits per heavy atom. The van der Waals surface area contributed by atoms with Crippen LogP contribution in [-0.2, 0) is 14.8 Å². The summed E-state index contributed by atoms with van der Waals surface area (Å²) in [5.74, 6) is 0.878. The minimum Gasteiger partial charge on any atom is -0.495 e. The molecule has 1 aliphatic rings. The fourth-order valence-corrected chi connectivity index (χ4v) is 4.96. The molecule has 0 saturated carbocycles. The van der Waals surface area contributed by atoms with E-state index in [1.54, 1.807) is 29.2 Å². The lowest BCUT2D eigenvalue weighted by atomic mass is 10.1. The number of aryl methyl sites for hydroxylation is 2. The number of nitrogens with zero attached hydrogens (tertiary/aromatic N) is 1. The molecule has 30 heavy (non-hydrogen) atoms. The molecule has 7 nitrogen and oxygen atoms in total. The summed E-state index contributed by atoms with van der Waals surface area (Å²) in [4.78, 5) is 14.2. The van der Waals surface area contributed by atoms with Gasteiger partial charge in [0.25, 0.3) is 5.91 Å². The van der Waals surface area contributed by atoms with Gasteiger partial charge in [0.05, 0.1) is 7.11 Å². The normalized spacial score (nSPS) is 15.1. The third kappa shape index (κ3) is 5.31. The molecule has 3 rings (SSSR count). The summed E-state index contributed by atoms with van der Waals surface area (Å²) in [5, 5.41) is 0. The summed E-state index contributed by atoms with van der Waals surface area (Å²) in [7, 11) is -2.27. The lowest BCUT2D eigenvalue weighted by Crippen LogP contribution is -2.47. The van der Waals surface area contributed by atoms with Crippen molar-refractivity contribution in [2.45, 2.75) is 37.6 Å². The number of nitrogens with one attached hydrogen (secondary N) is 1. The minimum absolute atomic E-state index is 0.0275. The molecule has 0 spiro atoms. The number of hydrogen-bond donors (Lipinski definition) is 1. The van der Waals surface area contributed by atoms with Crippen molar-refractivity contribution in [2.75, 3.05) is 26.8 Å². The zero-order valence-electron chi connectivity index (χ0n) is 17.6. The van der Waals surface area contributed by atoms with E-state index in [-0.39, 0.29) is 23.5 Å². The molecule has 1 aliphatic heterocycles. The number of ether oxygens (including phenoxy) is 2. The molecule has 0 aliphatic carbocycles. The zero-order valence-corrected chi connectivity index (χ0v) is 18.4. The molecule has 1 heterocycles.